The number of hydrogen-bond acceptors (Lipinski definition) is 3. The summed E-state index contributed by atoms with van der Waals surface area (Å²) in [7, 11) is 0. The number of carbonyl (C=O) groups is 2. The Labute approximate surface area is 206 Å². The third-order valence-electron chi connectivity index (χ3n) is 6.35. The number of alkyl halides is 3. The van der Waals surface area contributed by atoms with Gasteiger partial charge in [-0.1, -0.05) is 30.3 Å². The number of nitrogens with zero attached hydrogens (tertiary/aromatic N) is 2. The minimum Gasteiger partial charge on any atom is -0.352 e. The maximum absolute atomic E-state index is 12.7. The highest BCUT2D eigenvalue weighted by Gasteiger charge is 2.31. The number of aromatic nitrogens is 1. The second kappa shape index (κ2) is 10.8. The molecule has 1 fully saturated rings. The fourth-order valence-corrected chi connectivity index (χ4v) is 4.21. The van der Waals surface area contributed by atoms with Crippen LogP contribution in [0.3, 0.4) is 0 Å². The minimum atomic E-state index is -4.45. The Balaban J connectivity index is 1.24. The van der Waals surface area contributed by atoms with E-state index in [1.807, 2.05) is 24.3 Å². The van der Waals surface area contributed by atoms with Crippen molar-refractivity contribution in [3.05, 3.63) is 106 Å². The van der Waals surface area contributed by atoms with Crippen molar-refractivity contribution in [1.82, 2.24) is 14.8 Å². The van der Waals surface area contributed by atoms with Crippen LogP contribution in [0.15, 0.2) is 77.7 Å². The van der Waals surface area contributed by atoms with Crippen LogP contribution in [0.2, 0.25) is 0 Å². The highest BCUT2D eigenvalue weighted by atomic mass is 19.4. The molecule has 4 rings (SSSR count). The summed E-state index contributed by atoms with van der Waals surface area (Å²) in [5.74, 6) is -0.650. The normalized spacial score (nSPS) is 14.5. The SMILES string of the molecule is O=C(NCc1ccc(Cn2ccccc2=O)cc1)C1CCN(C(=O)c2ccc(C(F)(F)F)cc2)CC1. The van der Waals surface area contributed by atoms with Gasteiger partial charge in [0.2, 0.25) is 5.91 Å². The molecule has 1 aromatic heterocycles. The summed E-state index contributed by atoms with van der Waals surface area (Å²) >= 11 is 0. The van der Waals surface area contributed by atoms with E-state index < -0.39 is 11.7 Å². The van der Waals surface area contributed by atoms with E-state index in [1.54, 1.807) is 27.8 Å². The first kappa shape index (κ1) is 25.2. The lowest BCUT2D eigenvalue weighted by Gasteiger charge is -2.31. The van der Waals surface area contributed by atoms with Gasteiger partial charge in [0.15, 0.2) is 0 Å². The van der Waals surface area contributed by atoms with Crippen molar-refractivity contribution in [2.75, 3.05) is 13.1 Å². The highest BCUT2D eigenvalue weighted by Crippen LogP contribution is 2.29. The average Bonchev–Trinajstić information content (AvgIpc) is 2.88. The Morgan fingerprint density at radius 3 is 2.14 bits per heavy atom. The molecule has 0 spiro atoms. The van der Waals surface area contributed by atoms with Gasteiger partial charge in [-0.2, -0.15) is 13.2 Å². The topological polar surface area (TPSA) is 71.4 Å². The molecule has 2 aromatic carbocycles. The number of nitrogens with one attached hydrogen (secondary N) is 1. The average molecular weight is 498 g/mol. The van der Waals surface area contributed by atoms with Crippen LogP contribution in [-0.2, 0) is 24.1 Å². The quantitative estimate of drug-likeness (QED) is 0.558. The first-order valence-corrected chi connectivity index (χ1v) is 11.7. The number of rotatable bonds is 6. The molecule has 6 nitrogen and oxygen atoms in total. The lowest BCUT2D eigenvalue weighted by atomic mass is 9.95. The Bertz CT molecular complexity index is 1260. The summed E-state index contributed by atoms with van der Waals surface area (Å²) in [6.07, 6.45) is -1.73. The lowest BCUT2D eigenvalue weighted by Crippen LogP contribution is -2.42. The van der Waals surface area contributed by atoms with Crippen LogP contribution in [0.1, 0.15) is 39.9 Å². The van der Waals surface area contributed by atoms with Crippen LogP contribution in [0.4, 0.5) is 13.2 Å². The predicted octanol–water partition coefficient (Wildman–Crippen LogP) is 4.08. The third-order valence-corrected chi connectivity index (χ3v) is 6.35. The fourth-order valence-electron chi connectivity index (χ4n) is 4.21. The van der Waals surface area contributed by atoms with Gasteiger partial charge in [-0.25, -0.2) is 0 Å². The molecule has 9 heteroatoms. The van der Waals surface area contributed by atoms with Crippen LogP contribution in [0, 0.1) is 5.92 Å². The summed E-state index contributed by atoms with van der Waals surface area (Å²) in [5.41, 5.74) is 1.24. The second-order valence-electron chi connectivity index (χ2n) is 8.84. The molecule has 36 heavy (non-hydrogen) atoms. The van der Waals surface area contributed by atoms with Gasteiger partial charge in [-0.05, 0) is 54.3 Å². The van der Waals surface area contributed by atoms with Gasteiger partial charge in [0.05, 0.1) is 12.1 Å². The zero-order chi connectivity index (χ0) is 25.7. The number of likely N-dealkylation sites (tertiary alicyclic amines) is 1. The molecule has 2 heterocycles. The van der Waals surface area contributed by atoms with Crippen molar-refractivity contribution >= 4 is 11.8 Å². The number of carbonyl (C=O) groups excluding carboxylic acids is 2. The predicted molar refractivity (Wildman–Crippen MR) is 128 cm³/mol. The molecule has 1 saturated heterocycles. The van der Waals surface area contributed by atoms with E-state index in [-0.39, 0.29) is 28.9 Å². The second-order valence-corrected chi connectivity index (χ2v) is 8.84. The van der Waals surface area contributed by atoms with Crippen molar-refractivity contribution in [2.45, 2.75) is 32.1 Å². The van der Waals surface area contributed by atoms with Crippen molar-refractivity contribution in [3.63, 3.8) is 0 Å². The van der Waals surface area contributed by atoms with Gasteiger partial charge in [-0.15, -0.1) is 0 Å². The number of benzene rings is 2. The summed E-state index contributed by atoms with van der Waals surface area (Å²) in [6.45, 7) is 1.57. The van der Waals surface area contributed by atoms with Crippen molar-refractivity contribution in [1.29, 1.82) is 0 Å². The minimum absolute atomic E-state index is 0.0686. The molecule has 3 aromatic rings. The molecule has 0 atom stereocenters. The molecule has 1 aliphatic heterocycles. The summed E-state index contributed by atoms with van der Waals surface area (Å²) in [6, 6.07) is 16.9. The molecule has 0 saturated carbocycles. The number of halogens is 3. The molecule has 1 N–H and O–H groups in total. The summed E-state index contributed by atoms with van der Waals surface area (Å²) in [5, 5.41) is 2.94. The number of amides is 2. The molecule has 0 aliphatic carbocycles. The maximum atomic E-state index is 12.7. The van der Waals surface area contributed by atoms with Crippen LogP contribution in [0.5, 0.6) is 0 Å². The molecule has 1 aliphatic rings. The van der Waals surface area contributed by atoms with Crippen molar-refractivity contribution in [2.24, 2.45) is 5.92 Å². The highest BCUT2D eigenvalue weighted by molar-refractivity contribution is 5.94. The van der Waals surface area contributed by atoms with Crippen LogP contribution < -0.4 is 10.9 Å². The van der Waals surface area contributed by atoms with E-state index in [2.05, 4.69) is 5.32 Å². The number of pyridine rings is 1. The van der Waals surface area contributed by atoms with E-state index in [1.165, 1.54) is 18.2 Å². The molecule has 0 unspecified atom stereocenters. The van der Waals surface area contributed by atoms with Gasteiger partial charge < -0.3 is 14.8 Å². The van der Waals surface area contributed by atoms with Gasteiger partial charge in [-0.3, -0.25) is 14.4 Å². The van der Waals surface area contributed by atoms with Crippen LogP contribution >= 0.6 is 0 Å². The van der Waals surface area contributed by atoms with E-state index in [0.717, 1.165) is 23.3 Å². The van der Waals surface area contributed by atoms with E-state index in [9.17, 15) is 27.6 Å². The monoisotopic (exact) mass is 497 g/mol. The largest absolute Gasteiger partial charge is 0.416 e. The molecule has 0 radical (unpaired) electrons. The van der Waals surface area contributed by atoms with E-state index in [0.29, 0.717) is 39.0 Å². The fraction of sp³-hybridized carbons (Fsp3) is 0.296. The molecule has 188 valence electrons. The van der Waals surface area contributed by atoms with E-state index >= 15 is 0 Å². The van der Waals surface area contributed by atoms with Crippen molar-refractivity contribution < 1.29 is 22.8 Å². The van der Waals surface area contributed by atoms with Crippen LogP contribution in [0.25, 0.3) is 0 Å². The van der Waals surface area contributed by atoms with Gasteiger partial charge in [0.25, 0.3) is 11.5 Å². The van der Waals surface area contributed by atoms with Gasteiger partial charge in [0.1, 0.15) is 0 Å². The lowest BCUT2D eigenvalue weighted by molar-refractivity contribution is -0.137. The maximum Gasteiger partial charge on any atom is 0.416 e. The van der Waals surface area contributed by atoms with Gasteiger partial charge in [0, 0.05) is 43.4 Å². The Hall–Kier alpha value is -3.88. The molecular formula is C27H26F3N3O3. The summed E-state index contributed by atoms with van der Waals surface area (Å²) in [4.78, 5) is 38.7. The van der Waals surface area contributed by atoms with E-state index in [4.69, 9.17) is 0 Å². The Kier molecular flexibility index (Phi) is 7.57. The standard InChI is InChI=1S/C27H26F3N3O3/c28-27(29,30)23-10-8-22(9-11-23)26(36)32-15-12-21(13-16-32)25(35)31-17-19-4-6-20(7-5-19)18-33-14-2-1-3-24(33)34/h1-11,14,21H,12-13,15-18H2,(H,31,35). The molecule has 2 amide bonds. The Morgan fingerprint density at radius 2 is 1.53 bits per heavy atom. The Morgan fingerprint density at radius 1 is 0.889 bits per heavy atom. The zero-order valence-electron chi connectivity index (χ0n) is 19.5. The van der Waals surface area contributed by atoms with Crippen LogP contribution in [-0.4, -0.2) is 34.4 Å². The first-order chi connectivity index (χ1) is 17.2. The third kappa shape index (κ3) is 6.21. The van der Waals surface area contributed by atoms with Crippen molar-refractivity contribution in [3.8, 4) is 0 Å². The zero-order valence-corrected chi connectivity index (χ0v) is 19.5. The summed E-state index contributed by atoms with van der Waals surface area (Å²) < 4.78 is 39.8. The first-order valence-electron chi connectivity index (χ1n) is 11.7. The van der Waals surface area contributed by atoms with Gasteiger partial charge >= 0.3 is 6.18 Å². The molecular weight excluding hydrogens is 471 g/mol. The number of piperidine rings is 1. The smallest absolute Gasteiger partial charge is 0.352 e. The number of hydrogen-bond donors (Lipinski definition) is 1. The molecule has 0 bridgehead atoms.